The van der Waals surface area contributed by atoms with Crippen LogP contribution in [0.25, 0.3) is 6.08 Å². The molecule has 94 valence electrons. The Labute approximate surface area is 107 Å². The molecule has 1 aromatic carbocycles. The molecule has 3 heteroatoms. The minimum absolute atomic E-state index is 0.134. The summed E-state index contributed by atoms with van der Waals surface area (Å²) in [5, 5.41) is 3.55. The molecule has 1 aromatic rings. The summed E-state index contributed by atoms with van der Waals surface area (Å²) in [5.74, 6) is 0.0400. The number of hydrogen-bond donors (Lipinski definition) is 1. The number of carbonyl (C=O) groups excluding carboxylic acids is 1. The highest BCUT2D eigenvalue weighted by atomic mass is 16.5. The second-order valence-corrected chi connectivity index (χ2v) is 5.02. The monoisotopic (exact) mass is 243 g/mol. The second-order valence-electron chi connectivity index (χ2n) is 5.02. The van der Waals surface area contributed by atoms with E-state index in [4.69, 9.17) is 4.74 Å². The smallest absolute Gasteiger partial charge is 0.331 e. The first kappa shape index (κ1) is 11.3. The van der Waals surface area contributed by atoms with Crippen LogP contribution >= 0.6 is 0 Å². The second kappa shape index (κ2) is 4.16. The fraction of sp³-hybridized carbons (Fsp3) is 0.400. The number of nitrogens with one attached hydrogen (secondary N) is 1. The van der Waals surface area contributed by atoms with E-state index in [1.165, 1.54) is 6.08 Å². The molecule has 0 bridgehead atoms. The van der Waals surface area contributed by atoms with Gasteiger partial charge in [-0.2, -0.15) is 0 Å². The van der Waals surface area contributed by atoms with Crippen LogP contribution in [0.15, 0.2) is 24.3 Å². The Bertz CT molecular complexity index is 521. The van der Waals surface area contributed by atoms with Gasteiger partial charge in [-0.1, -0.05) is 26.0 Å². The van der Waals surface area contributed by atoms with Crippen LogP contribution in [0.5, 0.6) is 0 Å². The summed E-state index contributed by atoms with van der Waals surface area (Å²) >= 11 is 0. The van der Waals surface area contributed by atoms with Gasteiger partial charge in [-0.05, 0) is 24.1 Å². The van der Waals surface area contributed by atoms with Gasteiger partial charge in [0, 0.05) is 29.3 Å². The van der Waals surface area contributed by atoms with Crippen molar-refractivity contribution in [1.82, 2.24) is 0 Å². The van der Waals surface area contributed by atoms with Crippen molar-refractivity contribution in [3.8, 4) is 0 Å². The molecule has 0 saturated carbocycles. The third-order valence-corrected chi connectivity index (χ3v) is 3.96. The van der Waals surface area contributed by atoms with Crippen molar-refractivity contribution < 1.29 is 9.53 Å². The predicted octanol–water partition coefficient (Wildman–Crippen LogP) is 3.14. The minimum atomic E-state index is -0.245. The zero-order valence-corrected chi connectivity index (χ0v) is 10.6. The Hall–Kier alpha value is -1.77. The maximum atomic E-state index is 11.7. The van der Waals surface area contributed by atoms with E-state index >= 15 is 0 Å². The van der Waals surface area contributed by atoms with E-state index in [2.05, 4.69) is 25.2 Å². The van der Waals surface area contributed by atoms with Crippen LogP contribution in [0, 0.1) is 5.92 Å². The van der Waals surface area contributed by atoms with Crippen LogP contribution < -0.4 is 5.32 Å². The zero-order chi connectivity index (χ0) is 12.7. The van der Waals surface area contributed by atoms with Crippen LogP contribution in [0.3, 0.4) is 0 Å². The third kappa shape index (κ3) is 1.62. The van der Waals surface area contributed by atoms with Crippen LogP contribution in [0.1, 0.15) is 37.5 Å². The number of anilines is 1. The van der Waals surface area contributed by atoms with Gasteiger partial charge >= 0.3 is 5.97 Å². The van der Waals surface area contributed by atoms with Crippen LogP contribution in [0.2, 0.25) is 0 Å². The number of ether oxygens (including phenoxy) is 1. The third-order valence-electron chi connectivity index (χ3n) is 3.96. The summed E-state index contributed by atoms with van der Waals surface area (Å²) in [7, 11) is 0. The van der Waals surface area contributed by atoms with Gasteiger partial charge in [-0.3, -0.25) is 0 Å². The molecule has 0 saturated heterocycles. The number of rotatable bonds is 1. The summed E-state index contributed by atoms with van der Waals surface area (Å²) < 4.78 is 5.60. The van der Waals surface area contributed by atoms with Gasteiger partial charge in [-0.15, -0.1) is 0 Å². The topological polar surface area (TPSA) is 38.3 Å². The van der Waals surface area contributed by atoms with E-state index in [1.807, 2.05) is 18.2 Å². The fourth-order valence-electron chi connectivity index (χ4n) is 2.94. The van der Waals surface area contributed by atoms with E-state index in [-0.39, 0.29) is 18.0 Å². The molecule has 1 N–H and O–H groups in total. The molecule has 3 atom stereocenters. The molecule has 18 heavy (non-hydrogen) atoms. The van der Waals surface area contributed by atoms with Gasteiger partial charge in [0.25, 0.3) is 0 Å². The number of hydrogen-bond acceptors (Lipinski definition) is 3. The number of carbonyl (C=O) groups is 1. The molecule has 0 fully saturated rings. The molecule has 0 radical (unpaired) electrons. The molecule has 2 heterocycles. The molecular weight excluding hydrogens is 226 g/mol. The van der Waals surface area contributed by atoms with E-state index in [0.717, 1.165) is 23.2 Å². The highest BCUT2D eigenvalue weighted by Crippen LogP contribution is 2.43. The molecule has 3 rings (SSSR count). The first-order valence-corrected chi connectivity index (χ1v) is 6.49. The Morgan fingerprint density at radius 3 is 2.94 bits per heavy atom. The molecule has 0 aliphatic carbocycles. The molecule has 3 nitrogen and oxygen atoms in total. The predicted molar refractivity (Wildman–Crippen MR) is 71.2 cm³/mol. The lowest BCUT2D eigenvalue weighted by Gasteiger charge is -2.38. The fourth-order valence-corrected chi connectivity index (χ4v) is 2.94. The Morgan fingerprint density at radius 1 is 1.33 bits per heavy atom. The first-order valence-electron chi connectivity index (χ1n) is 6.49. The lowest BCUT2D eigenvalue weighted by atomic mass is 9.82. The van der Waals surface area contributed by atoms with Crippen LogP contribution in [-0.2, 0) is 9.53 Å². The lowest BCUT2D eigenvalue weighted by Crippen LogP contribution is -2.37. The van der Waals surface area contributed by atoms with E-state index in [0.29, 0.717) is 6.04 Å². The Balaban J connectivity index is 2.15. The molecule has 2 aliphatic heterocycles. The van der Waals surface area contributed by atoms with Crippen molar-refractivity contribution in [2.24, 2.45) is 5.92 Å². The standard InChI is InChI=1S/C15H17NO2/c1-3-11-9(2)15-14-10(7-8-13(17)18-15)5-4-6-12(14)16-11/h4-9,11,15-16H,3H2,1-2H3/t9-,11+,15+/m1/s1. The van der Waals surface area contributed by atoms with Gasteiger partial charge in [-0.25, -0.2) is 4.79 Å². The summed E-state index contributed by atoms with van der Waals surface area (Å²) in [6, 6.07) is 6.46. The zero-order valence-electron chi connectivity index (χ0n) is 10.6. The highest BCUT2D eigenvalue weighted by molar-refractivity contribution is 5.89. The van der Waals surface area contributed by atoms with E-state index < -0.39 is 0 Å². The number of esters is 1. The first-order chi connectivity index (χ1) is 8.70. The average Bonchev–Trinajstić information content (AvgIpc) is 2.55. The van der Waals surface area contributed by atoms with Gasteiger partial charge in [0.1, 0.15) is 6.10 Å². The van der Waals surface area contributed by atoms with Gasteiger partial charge in [0.05, 0.1) is 0 Å². The summed E-state index contributed by atoms with van der Waals surface area (Å²) in [6.07, 6.45) is 4.25. The molecule has 0 amide bonds. The largest absolute Gasteiger partial charge is 0.454 e. The normalized spacial score (nSPS) is 29.0. The van der Waals surface area contributed by atoms with Crippen molar-refractivity contribution in [1.29, 1.82) is 0 Å². The van der Waals surface area contributed by atoms with Crippen molar-refractivity contribution >= 4 is 17.7 Å². The maximum absolute atomic E-state index is 11.7. The quantitative estimate of drug-likeness (QED) is 0.770. The summed E-state index contributed by atoms with van der Waals surface area (Å²) in [6.45, 7) is 4.30. The molecular formula is C15H17NO2. The van der Waals surface area contributed by atoms with Crippen molar-refractivity contribution in [2.75, 3.05) is 5.32 Å². The lowest BCUT2D eigenvalue weighted by molar-refractivity contribution is -0.146. The summed E-state index contributed by atoms with van der Waals surface area (Å²) in [5.41, 5.74) is 3.30. The van der Waals surface area contributed by atoms with Crippen LogP contribution in [-0.4, -0.2) is 12.0 Å². The van der Waals surface area contributed by atoms with Gasteiger partial charge < -0.3 is 10.1 Å². The number of benzene rings is 1. The van der Waals surface area contributed by atoms with Gasteiger partial charge in [0.2, 0.25) is 0 Å². The van der Waals surface area contributed by atoms with E-state index in [9.17, 15) is 4.79 Å². The van der Waals surface area contributed by atoms with Crippen molar-refractivity contribution in [3.63, 3.8) is 0 Å². The van der Waals surface area contributed by atoms with Crippen molar-refractivity contribution in [3.05, 3.63) is 35.4 Å². The maximum Gasteiger partial charge on any atom is 0.331 e. The Kier molecular flexibility index (Phi) is 2.62. The molecule has 0 spiro atoms. The average molecular weight is 243 g/mol. The van der Waals surface area contributed by atoms with Crippen LogP contribution in [0.4, 0.5) is 5.69 Å². The molecule has 0 aromatic heterocycles. The molecule has 0 unspecified atom stereocenters. The highest BCUT2D eigenvalue weighted by Gasteiger charge is 2.37. The summed E-state index contributed by atoms with van der Waals surface area (Å²) in [4.78, 5) is 11.7. The Morgan fingerprint density at radius 2 is 2.17 bits per heavy atom. The SMILES string of the molecule is CC[C@@H]1Nc2cccc3c2[C@@H](OC(=O)C=C3)[C@@H]1C. The van der Waals surface area contributed by atoms with E-state index in [1.54, 1.807) is 0 Å². The minimum Gasteiger partial charge on any atom is -0.454 e. The van der Waals surface area contributed by atoms with Gasteiger partial charge in [0.15, 0.2) is 0 Å². The van der Waals surface area contributed by atoms with Crippen molar-refractivity contribution in [2.45, 2.75) is 32.4 Å². The molecule has 2 aliphatic rings.